The van der Waals surface area contributed by atoms with Crippen LogP contribution in [0.3, 0.4) is 0 Å². The van der Waals surface area contributed by atoms with Crippen molar-refractivity contribution in [3.8, 4) is 0 Å². The lowest BCUT2D eigenvalue weighted by Gasteiger charge is -2.24. The van der Waals surface area contributed by atoms with E-state index in [9.17, 15) is 48.3 Å². The van der Waals surface area contributed by atoms with Crippen molar-refractivity contribution in [3.63, 3.8) is 0 Å². The highest BCUT2D eigenvalue weighted by Gasteiger charge is 2.46. The highest BCUT2D eigenvalue weighted by atomic mass is 31.2. The van der Waals surface area contributed by atoms with Gasteiger partial charge in [-0.15, -0.1) is 0 Å². The number of hydrogen-bond donors (Lipinski definition) is 8. The molecule has 0 saturated carbocycles. The van der Waals surface area contributed by atoms with Gasteiger partial charge in [0.15, 0.2) is 11.2 Å². The van der Waals surface area contributed by atoms with E-state index in [1.807, 2.05) is 0 Å². The van der Waals surface area contributed by atoms with E-state index in [1.165, 1.54) is 36.3 Å². The third-order valence-electron chi connectivity index (χ3n) is 9.46. The fourth-order valence-corrected chi connectivity index (χ4v) is 8.57. The van der Waals surface area contributed by atoms with Crippen LogP contribution in [0.25, 0.3) is 11.2 Å². The summed E-state index contributed by atoms with van der Waals surface area (Å²) in [5.74, 6) is -0.308. The number of ether oxygens (including phenoxy) is 3. The molecule has 7 rings (SSSR count). The summed E-state index contributed by atoms with van der Waals surface area (Å²) in [6, 6.07) is 1.28. The van der Waals surface area contributed by atoms with Crippen molar-refractivity contribution in [2.45, 2.75) is 81.5 Å². The summed E-state index contributed by atoms with van der Waals surface area (Å²) in [6.45, 7) is -0.754. The molecule has 4 aromatic rings. The first-order valence-corrected chi connectivity index (χ1v) is 20.3. The molecule has 0 spiro atoms. The second-order valence-electron chi connectivity index (χ2n) is 13.5. The summed E-state index contributed by atoms with van der Waals surface area (Å²) >= 11 is 0. The molecule has 3 aliphatic rings. The Bertz CT molecular complexity index is 2510. The molecule has 58 heavy (non-hydrogen) atoms. The van der Waals surface area contributed by atoms with Gasteiger partial charge in [-0.1, -0.05) is 0 Å². The van der Waals surface area contributed by atoms with Crippen molar-refractivity contribution in [1.82, 2.24) is 38.6 Å². The van der Waals surface area contributed by atoms with Crippen LogP contribution in [-0.4, -0.2) is 115 Å². The van der Waals surface area contributed by atoms with Crippen LogP contribution in [0, 0.1) is 6.92 Å². The van der Waals surface area contributed by atoms with E-state index < -0.39 is 113 Å². The van der Waals surface area contributed by atoms with Gasteiger partial charge in [0.2, 0.25) is 5.95 Å². The van der Waals surface area contributed by atoms with Crippen molar-refractivity contribution in [2.75, 3.05) is 31.3 Å². The molecule has 10 N–H and O–H groups in total. The molecule has 3 fully saturated rings. The normalized spacial score (nSPS) is 29.5. The van der Waals surface area contributed by atoms with Crippen LogP contribution in [0.15, 0.2) is 44.0 Å². The number of aromatic amines is 2. The van der Waals surface area contributed by atoms with E-state index in [2.05, 4.69) is 24.9 Å². The zero-order valence-corrected chi connectivity index (χ0v) is 31.9. The Morgan fingerprint density at radius 2 is 1.45 bits per heavy atom. The largest absolute Gasteiger partial charge is 0.472 e. The van der Waals surface area contributed by atoms with E-state index in [-0.39, 0.29) is 47.8 Å². The molecule has 29 heteroatoms. The molecule has 316 valence electrons. The summed E-state index contributed by atoms with van der Waals surface area (Å²) in [5, 5.41) is 20.6. The number of nitrogens with one attached hydrogen (secondary N) is 2. The Hall–Kier alpha value is -4.47. The first kappa shape index (κ1) is 41.7. The monoisotopic (exact) mass is 860 g/mol. The molecule has 2 unspecified atom stereocenters. The Kier molecular flexibility index (Phi) is 11.7. The number of aliphatic hydroxyl groups is 2. The molecular weight excluding hydrogens is 822 g/mol. The second kappa shape index (κ2) is 16.3. The zero-order chi connectivity index (χ0) is 41.7. The number of fused-ring (bicyclic) bond motifs is 1. The number of hydrogen-bond acceptors (Lipinski definition) is 20. The maximum Gasteiger partial charge on any atom is 0.472 e. The number of H-pyrrole nitrogens is 2. The van der Waals surface area contributed by atoms with Crippen LogP contribution in [0.1, 0.15) is 43.5 Å². The Morgan fingerprint density at radius 3 is 2.12 bits per heavy atom. The number of phosphoric ester groups is 2. The fraction of sp³-hybridized carbons (Fsp3) is 0.552. The number of imidazole rings is 1. The number of nitrogens with zero attached hydrogens (tertiary/aromatic N) is 6. The molecule has 0 aliphatic carbocycles. The van der Waals surface area contributed by atoms with Crippen LogP contribution < -0.4 is 34.0 Å². The average molecular weight is 861 g/mol. The molecule has 27 nitrogen and oxygen atoms in total. The van der Waals surface area contributed by atoms with E-state index in [0.29, 0.717) is 0 Å². The molecule has 0 bridgehead atoms. The minimum absolute atomic E-state index is 0.0421. The van der Waals surface area contributed by atoms with Crippen LogP contribution >= 0.6 is 15.6 Å². The van der Waals surface area contributed by atoms with Gasteiger partial charge in [0, 0.05) is 37.2 Å². The molecule has 0 radical (unpaired) electrons. The second-order valence-corrected chi connectivity index (χ2v) is 16.3. The van der Waals surface area contributed by atoms with Gasteiger partial charge >= 0.3 is 27.0 Å². The highest BCUT2D eigenvalue weighted by molar-refractivity contribution is 7.47. The molecule has 4 aromatic heterocycles. The number of phosphoric acid groups is 2. The number of nitrogens with two attached hydrogens (primary N) is 2. The highest BCUT2D eigenvalue weighted by Crippen LogP contribution is 2.52. The Balaban J connectivity index is 1.02. The maximum atomic E-state index is 13.3. The number of aromatic nitrogens is 8. The third-order valence-corrected chi connectivity index (χ3v) is 11.5. The number of nitrogen functional groups attached to an aromatic ring is 2. The lowest BCUT2D eigenvalue weighted by Crippen LogP contribution is -2.33. The topological polar surface area (TPSA) is 385 Å². The molecule has 0 amide bonds. The first-order chi connectivity index (χ1) is 27.4. The average Bonchev–Trinajstić information content (AvgIpc) is 3.93. The number of anilines is 2. The molecule has 7 heterocycles. The van der Waals surface area contributed by atoms with E-state index in [1.54, 1.807) is 0 Å². The first-order valence-electron chi connectivity index (χ1n) is 17.4. The van der Waals surface area contributed by atoms with Gasteiger partial charge in [-0.2, -0.15) is 9.97 Å². The van der Waals surface area contributed by atoms with Crippen LogP contribution in [-0.2, 0) is 41.4 Å². The van der Waals surface area contributed by atoms with Gasteiger partial charge in [-0.25, -0.2) is 23.7 Å². The maximum absolute atomic E-state index is 13.3. The molecular formula is C29H38N10O17P2. The van der Waals surface area contributed by atoms with Gasteiger partial charge < -0.3 is 45.7 Å². The minimum atomic E-state index is -5.08. The fourth-order valence-electron chi connectivity index (χ4n) is 6.65. The summed E-state index contributed by atoms with van der Waals surface area (Å²) in [4.78, 5) is 86.6. The lowest BCUT2D eigenvalue weighted by molar-refractivity contribution is -0.0615. The molecule has 3 aliphatic heterocycles. The van der Waals surface area contributed by atoms with E-state index in [4.69, 9.17) is 43.8 Å². The van der Waals surface area contributed by atoms with E-state index in [0.717, 1.165) is 9.13 Å². The number of aryl methyl sites for hydroxylation is 1. The summed E-state index contributed by atoms with van der Waals surface area (Å²) in [5.41, 5.74) is 8.55. The Labute approximate surface area is 323 Å². The van der Waals surface area contributed by atoms with Gasteiger partial charge in [0.25, 0.3) is 11.1 Å². The standard InChI is InChI=1S/C29H38N10O17P2/c1-12-7-38(29(45)36-25(12)42)20-4-13(41)17(53-20)9-50-57(46,47)56-15-6-21(37-3-2-19(30)33-28(37)44)54-18(15)10-51-58(48,49)55-14-5-22(52-16(14)8-40)39-11-32-23-24(39)34-27(31)35-26(23)43/h2-3,7,11,13-18,20-22,40-41H,4-6,8-10H2,1H3,(H,46,47)(H,48,49)(H2,30,33,44)(H,36,42,45)(H3,31,34,35,43)/t13-,14-,15-,16+,17+,18+,20+,21+,22+/m0/s1. The number of aliphatic hydroxyl groups excluding tert-OH is 2. The summed E-state index contributed by atoms with van der Waals surface area (Å²) < 4.78 is 68.4. The van der Waals surface area contributed by atoms with Gasteiger partial charge in [0.1, 0.15) is 55.0 Å². The summed E-state index contributed by atoms with van der Waals surface area (Å²) in [6.07, 6.45) is -8.02. The Morgan fingerprint density at radius 1 is 0.845 bits per heavy atom. The SMILES string of the molecule is Cc1cn([C@H]2C[C@H](O)[C@@H](COP(=O)(O)O[C@H]3C[C@H](n4ccc(N)nc4=O)O[C@@H]3COP(=O)(O)O[C@H]3C[C@H](n4cnc5c(=O)[nH]c(N)nc54)O[C@@H]3CO)O2)c(=O)[nH]c1=O. The van der Waals surface area contributed by atoms with Crippen LogP contribution in [0.2, 0.25) is 0 Å². The predicted octanol–water partition coefficient (Wildman–Crippen LogP) is -2.38. The zero-order valence-electron chi connectivity index (χ0n) is 30.1. The van der Waals surface area contributed by atoms with Crippen LogP contribution in [0.4, 0.5) is 11.8 Å². The van der Waals surface area contributed by atoms with Crippen molar-refractivity contribution >= 4 is 38.6 Å². The lowest BCUT2D eigenvalue weighted by atomic mass is 10.2. The molecule has 11 atom stereocenters. The van der Waals surface area contributed by atoms with E-state index >= 15 is 0 Å². The van der Waals surface area contributed by atoms with Gasteiger partial charge in [-0.05, 0) is 13.0 Å². The minimum Gasteiger partial charge on any atom is -0.394 e. The van der Waals surface area contributed by atoms with Crippen molar-refractivity contribution in [3.05, 3.63) is 72.0 Å². The summed E-state index contributed by atoms with van der Waals surface area (Å²) in [7, 11) is -10.1. The number of rotatable bonds is 14. The van der Waals surface area contributed by atoms with Crippen molar-refractivity contribution in [1.29, 1.82) is 0 Å². The van der Waals surface area contributed by atoms with Crippen molar-refractivity contribution < 1.29 is 61.4 Å². The molecule has 0 aromatic carbocycles. The van der Waals surface area contributed by atoms with Crippen molar-refractivity contribution in [2.24, 2.45) is 0 Å². The molecule has 3 saturated heterocycles. The van der Waals surface area contributed by atoms with Crippen LogP contribution in [0.5, 0.6) is 0 Å². The smallest absolute Gasteiger partial charge is 0.394 e. The van der Waals surface area contributed by atoms with Gasteiger partial charge in [-0.3, -0.25) is 51.4 Å². The quantitative estimate of drug-likeness (QED) is 0.0614. The van der Waals surface area contributed by atoms with Gasteiger partial charge in [0.05, 0.1) is 32.3 Å². The predicted molar refractivity (Wildman–Crippen MR) is 192 cm³/mol. The third kappa shape index (κ3) is 8.91.